The van der Waals surface area contributed by atoms with Crippen LogP contribution in [-0.4, -0.2) is 59.5 Å². The molecule has 1 aliphatic heterocycles. The fourth-order valence-corrected chi connectivity index (χ4v) is 2.84. The Balaban J connectivity index is 1.59. The maximum Gasteiger partial charge on any atom is 0.339 e. The van der Waals surface area contributed by atoms with E-state index in [-0.39, 0.29) is 11.9 Å². The quantitative estimate of drug-likeness (QED) is 0.603. The van der Waals surface area contributed by atoms with E-state index in [4.69, 9.17) is 16.3 Å². The molecule has 26 heavy (non-hydrogen) atoms. The van der Waals surface area contributed by atoms with Crippen molar-refractivity contribution in [1.82, 2.24) is 14.9 Å². The van der Waals surface area contributed by atoms with Crippen LogP contribution in [0.1, 0.15) is 27.6 Å². The van der Waals surface area contributed by atoms with Gasteiger partial charge in [-0.2, -0.15) is 0 Å². The first kappa shape index (κ1) is 18.1. The van der Waals surface area contributed by atoms with Gasteiger partial charge in [-0.15, -0.1) is 0 Å². The van der Waals surface area contributed by atoms with Crippen molar-refractivity contribution in [2.24, 2.45) is 0 Å². The maximum absolute atomic E-state index is 12.5. The molecule has 1 fully saturated rings. The van der Waals surface area contributed by atoms with Crippen molar-refractivity contribution in [3.05, 3.63) is 52.9 Å². The number of anilines is 1. The molecule has 8 heteroatoms. The average molecular weight is 375 g/mol. The van der Waals surface area contributed by atoms with Gasteiger partial charge in [-0.3, -0.25) is 4.79 Å². The Labute approximate surface area is 156 Å². The molecule has 0 spiro atoms. The highest BCUT2D eigenvalue weighted by Gasteiger charge is 2.23. The molecule has 0 saturated carbocycles. The molecule has 0 N–H and O–H groups in total. The van der Waals surface area contributed by atoms with Crippen LogP contribution in [0.15, 0.2) is 36.7 Å². The van der Waals surface area contributed by atoms with E-state index in [0.717, 1.165) is 5.82 Å². The molecule has 0 atom stereocenters. The predicted molar refractivity (Wildman–Crippen MR) is 97.6 cm³/mol. The van der Waals surface area contributed by atoms with Crippen LogP contribution in [-0.2, 0) is 4.74 Å². The van der Waals surface area contributed by atoms with E-state index in [1.54, 1.807) is 36.1 Å². The summed E-state index contributed by atoms with van der Waals surface area (Å²) in [6.07, 6.45) is 3.01. The van der Waals surface area contributed by atoms with Crippen molar-refractivity contribution < 1.29 is 14.3 Å². The van der Waals surface area contributed by atoms with Crippen LogP contribution >= 0.6 is 11.6 Å². The number of pyridine rings is 2. The van der Waals surface area contributed by atoms with Crippen LogP contribution in [0.2, 0.25) is 5.15 Å². The highest BCUT2D eigenvalue weighted by Crippen LogP contribution is 2.16. The van der Waals surface area contributed by atoms with E-state index < -0.39 is 0 Å². The Morgan fingerprint density at radius 1 is 1.04 bits per heavy atom. The molecule has 0 bridgehead atoms. The van der Waals surface area contributed by atoms with Gasteiger partial charge in [-0.1, -0.05) is 11.6 Å². The summed E-state index contributed by atoms with van der Waals surface area (Å²) in [6, 6.07) is 6.80. The van der Waals surface area contributed by atoms with Gasteiger partial charge < -0.3 is 14.5 Å². The summed E-state index contributed by atoms with van der Waals surface area (Å²) in [5.41, 5.74) is 0.958. The van der Waals surface area contributed by atoms with Crippen molar-refractivity contribution in [3.63, 3.8) is 0 Å². The van der Waals surface area contributed by atoms with E-state index >= 15 is 0 Å². The van der Waals surface area contributed by atoms with Crippen LogP contribution in [0.3, 0.4) is 0 Å². The van der Waals surface area contributed by atoms with Gasteiger partial charge in [0.15, 0.2) is 0 Å². The summed E-state index contributed by atoms with van der Waals surface area (Å²) in [4.78, 5) is 36.3. The third-order valence-electron chi connectivity index (χ3n) is 4.12. The SMILES string of the molecule is CCOC(=O)c1ccc(N2CCN(C(=O)c3ccc(Cl)nc3)CC2)nc1. The van der Waals surface area contributed by atoms with Gasteiger partial charge in [0.05, 0.1) is 17.7 Å². The zero-order chi connectivity index (χ0) is 18.5. The second kappa shape index (κ2) is 8.14. The van der Waals surface area contributed by atoms with E-state index in [2.05, 4.69) is 14.9 Å². The van der Waals surface area contributed by atoms with Crippen LogP contribution in [0.25, 0.3) is 0 Å². The summed E-state index contributed by atoms with van der Waals surface area (Å²) in [7, 11) is 0. The summed E-state index contributed by atoms with van der Waals surface area (Å²) in [5, 5.41) is 0.365. The first-order valence-corrected chi connectivity index (χ1v) is 8.75. The van der Waals surface area contributed by atoms with Crippen LogP contribution in [0.4, 0.5) is 5.82 Å². The molecule has 2 aromatic rings. The predicted octanol–water partition coefficient (Wildman–Crippen LogP) is 2.27. The number of carbonyl (C=O) groups excluding carboxylic acids is 2. The van der Waals surface area contributed by atoms with Gasteiger partial charge in [0.1, 0.15) is 11.0 Å². The lowest BCUT2D eigenvalue weighted by Gasteiger charge is -2.35. The van der Waals surface area contributed by atoms with E-state index in [1.165, 1.54) is 12.4 Å². The van der Waals surface area contributed by atoms with E-state index in [9.17, 15) is 9.59 Å². The lowest BCUT2D eigenvalue weighted by atomic mass is 10.2. The highest BCUT2D eigenvalue weighted by atomic mass is 35.5. The van der Waals surface area contributed by atoms with Crippen molar-refractivity contribution in [1.29, 1.82) is 0 Å². The molecule has 136 valence electrons. The zero-order valence-corrected chi connectivity index (χ0v) is 15.1. The monoisotopic (exact) mass is 374 g/mol. The number of nitrogens with zero attached hydrogens (tertiary/aromatic N) is 4. The van der Waals surface area contributed by atoms with Gasteiger partial charge in [-0.05, 0) is 31.2 Å². The molecular formula is C18H19ClN4O3. The molecule has 0 unspecified atom stereocenters. The minimum atomic E-state index is -0.376. The Kier molecular flexibility index (Phi) is 5.68. The smallest absolute Gasteiger partial charge is 0.339 e. The number of aromatic nitrogens is 2. The summed E-state index contributed by atoms with van der Waals surface area (Å²) in [5.74, 6) is 0.344. The van der Waals surface area contributed by atoms with Crippen molar-refractivity contribution >= 4 is 29.3 Å². The third-order valence-corrected chi connectivity index (χ3v) is 4.35. The van der Waals surface area contributed by atoms with Crippen molar-refractivity contribution in [2.75, 3.05) is 37.7 Å². The molecule has 3 rings (SSSR count). The molecule has 1 amide bonds. The molecule has 0 aromatic carbocycles. The number of rotatable bonds is 4. The van der Waals surface area contributed by atoms with Crippen LogP contribution in [0.5, 0.6) is 0 Å². The molecule has 0 aliphatic carbocycles. The standard InChI is InChI=1S/C18H19ClN4O3/c1-2-26-18(25)14-4-6-16(21-12-14)22-7-9-23(10-8-22)17(24)13-3-5-15(19)20-11-13/h3-6,11-12H,2,7-10H2,1H3. The fourth-order valence-electron chi connectivity index (χ4n) is 2.73. The minimum Gasteiger partial charge on any atom is -0.462 e. The second-order valence-electron chi connectivity index (χ2n) is 5.77. The third kappa shape index (κ3) is 4.11. The Morgan fingerprint density at radius 3 is 2.31 bits per heavy atom. The number of hydrogen-bond acceptors (Lipinski definition) is 6. The topological polar surface area (TPSA) is 75.6 Å². The summed E-state index contributed by atoms with van der Waals surface area (Å²) in [6.45, 7) is 4.60. The van der Waals surface area contributed by atoms with Gasteiger partial charge >= 0.3 is 5.97 Å². The molecule has 2 aromatic heterocycles. The molecular weight excluding hydrogens is 356 g/mol. The number of hydrogen-bond donors (Lipinski definition) is 0. The molecule has 1 aliphatic rings. The number of ether oxygens (including phenoxy) is 1. The molecule has 7 nitrogen and oxygen atoms in total. The van der Waals surface area contributed by atoms with Gasteiger partial charge in [-0.25, -0.2) is 14.8 Å². The maximum atomic E-state index is 12.5. The summed E-state index contributed by atoms with van der Waals surface area (Å²) < 4.78 is 4.95. The second-order valence-corrected chi connectivity index (χ2v) is 6.16. The van der Waals surface area contributed by atoms with E-state index in [0.29, 0.717) is 49.1 Å². The Morgan fingerprint density at radius 2 is 1.73 bits per heavy atom. The number of piperazine rings is 1. The number of esters is 1. The number of amides is 1. The van der Waals surface area contributed by atoms with Gasteiger partial charge in [0, 0.05) is 38.6 Å². The van der Waals surface area contributed by atoms with Crippen molar-refractivity contribution in [2.45, 2.75) is 6.92 Å². The summed E-state index contributed by atoms with van der Waals surface area (Å²) >= 11 is 5.76. The first-order valence-electron chi connectivity index (χ1n) is 8.37. The largest absolute Gasteiger partial charge is 0.462 e. The molecule has 3 heterocycles. The van der Waals surface area contributed by atoms with Crippen LogP contribution in [0, 0.1) is 0 Å². The Hall–Kier alpha value is -2.67. The van der Waals surface area contributed by atoms with Gasteiger partial charge in [0.2, 0.25) is 0 Å². The normalized spacial score (nSPS) is 14.2. The Bertz CT molecular complexity index is 772. The highest BCUT2D eigenvalue weighted by molar-refractivity contribution is 6.29. The van der Waals surface area contributed by atoms with Crippen LogP contribution < -0.4 is 4.90 Å². The van der Waals surface area contributed by atoms with E-state index in [1.807, 2.05) is 0 Å². The minimum absolute atomic E-state index is 0.0561. The fraction of sp³-hybridized carbons (Fsp3) is 0.333. The number of halogens is 1. The molecule has 1 saturated heterocycles. The number of carbonyl (C=O) groups is 2. The average Bonchev–Trinajstić information content (AvgIpc) is 2.68. The molecule has 0 radical (unpaired) electrons. The van der Waals surface area contributed by atoms with Crippen molar-refractivity contribution in [3.8, 4) is 0 Å². The lowest BCUT2D eigenvalue weighted by Crippen LogP contribution is -2.49. The first-order chi connectivity index (χ1) is 12.6. The zero-order valence-electron chi connectivity index (χ0n) is 14.4. The lowest BCUT2D eigenvalue weighted by molar-refractivity contribution is 0.0525. The van der Waals surface area contributed by atoms with Gasteiger partial charge in [0.25, 0.3) is 5.91 Å².